The first-order chi connectivity index (χ1) is 10.4. The molecule has 2 heterocycles. The van der Waals surface area contributed by atoms with E-state index < -0.39 is 21.6 Å². The molecule has 0 saturated carbocycles. The second kappa shape index (κ2) is 5.99. The van der Waals surface area contributed by atoms with E-state index in [1.54, 1.807) is 13.8 Å². The van der Waals surface area contributed by atoms with Gasteiger partial charge in [-0.2, -0.15) is 10.2 Å². The molecule has 0 radical (unpaired) electrons. The van der Waals surface area contributed by atoms with Crippen LogP contribution in [-0.4, -0.2) is 21.3 Å². The predicted octanol–water partition coefficient (Wildman–Crippen LogP) is 2.92. The Labute approximate surface area is 123 Å². The van der Waals surface area contributed by atoms with Crippen LogP contribution in [0.3, 0.4) is 0 Å². The van der Waals surface area contributed by atoms with Gasteiger partial charge in [-0.25, -0.2) is 0 Å². The highest BCUT2D eigenvalue weighted by Gasteiger charge is 2.15. The molecule has 10 heteroatoms. The fraction of sp³-hybridized carbons (Fsp3) is 0.167. The quantitative estimate of drug-likeness (QED) is 0.473. The highest BCUT2D eigenvalue weighted by molar-refractivity contribution is 5.99. The van der Waals surface area contributed by atoms with Crippen molar-refractivity contribution in [3.63, 3.8) is 0 Å². The Morgan fingerprint density at radius 3 is 1.50 bits per heavy atom. The lowest BCUT2D eigenvalue weighted by molar-refractivity contribution is -0.402. The van der Waals surface area contributed by atoms with Crippen LogP contribution in [0.1, 0.15) is 25.4 Å². The number of nitro groups is 2. The van der Waals surface area contributed by atoms with Gasteiger partial charge in [-0.3, -0.25) is 20.2 Å². The van der Waals surface area contributed by atoms with Crippen LogP contribution in [0.2, 0.25) is 0 Å². The van der Waals surface area contributed by atoms with Crippen molar-refractivity contribution < 1.29 is 18.7 Å². The lowest BCUT2D eigenvalue weighted by Crippen LogP contribution is -1.95. The van der Waals surface area contributed by atoms with Gasteiger partial charge in [0.1, 0.15) is 21.3 Å². The second-order valence-electron chi connectivity index (χ2n) is 4.16. The molecule has 0 atom stereocenters. The number of hydrogen-bond donors (Lipinski definition) is 0. The molecule has 2 aromatic heterocycles. The van der Waals surface area contributed by atoms with Crippen LogP contribution in [0.25, 0.3) is 0 Å². The van der Waals surface area contributed by atoms with E-state index in [9.17, 15) is 20.2 Å². The van der Waals surface area contributed by atoms with E-state index in [0.29, 0.717) is 11.4 Å². The number of nitrogens with zero attached hydrogens (tertiary/aromatic N) is 4. The molecule has 0 unspecified atom stereocenters. The molecule has 114 valence electrons. The molecule has 2 aromatic rings. The maximum absolute atomic E-state index is 10.5. The highest BCUT2D eigenvalue weighted by atomic mass is 16.7. The first kappa shape index (κ1) is 15.1. The van der Waals surface area contributed by atoms with Gasteiger partial charge in [0.15, 0.2) is 11.5 Å². The van der Waals surface area contributed by atoms with Crippen molar-refractivity contribution in [1.82, 2.24) is 0 Å². The highest BCUT2D eigenvalue weighted by Crippen LogP contribution is 2.18. The number of furan rings is 2. The van der Waals surface area contributed by atoms with Crippen LogP contribution in [0.15, 0.2) is 43.3 Å². The average Bonchev–Trinajstić information content (AvgIpc) is 3.12. The van der Waals surface area contributed by atoms with Crippen LogP contribution in [0.4, 0.5) is 11.8 Å². The summed E-state index contributed by atoms with van der Waals surface area (Å²) in [6, 6.07) is 5.22. The second-order valence-corrected chi connectivity index (χ2v) is 4.16. The van der Waals surface area contributed by atoms with Gasteiger partial charge in [0, 0.05) is 0 Å². The van der Waals surface area contributed by atoms with E-state index in [1.807, 2.05) is 0 Å². The largest absolute Gasteiger partial charge is 0.433 e. The molecular formula is C12H10N4O6. The zero-order chi connectivity index (χ0) is 16.3. The lowest BCUT2D eigenvalue weighted by atomic mass is 10.3. The van der Waals surface area contributed by atoms with Gasteiger partial charge in [0.2, 0.25) is 0 Å². The van der Waals surface area contributed by atoms with Crippen molar-refractivity contribution in [2.45, 2.75) is 13.8 Å². The molecule has 0 fully saturated rings. The summed E-state index contributed by atoms with van der Waals surface area (Å²) < 4.78 is 9.94. The summed E-state index contributed by atoms with van der Waals surface area (Å²) in [7, 11) is 0. The van der Waals surface area contributed by atoms with E-state index >= 15 is 0 Å². The topological polar surface area (TPSA) is 137 Å². The van der Waals surface area contributed by atoms with Crippen LogP contribution in [0, 0.1) is 20.2 Å². The van der Waals surface area contributed by atoms with Gasteiger partial charge in [-0.15, -0.1) is 0 Å². The minimum Gasteiger partial charge on any atom is -0.399 e. The Balaban J connectivity index is 2.19. The maximum atomic E-state index is 10.5. The summed E-state index contributed by atoms with van der Waals surface area (Å²) in [5.74, 6) is -0.388. The SMILES string of the molecule is C/C(=N\N=C(/C)c1ccc([N+](=O)[O-])o1)c1ccc([N+](=O)[O-])o1. The summed E-state index contributed by atoms with van der Waals surface area (Å²) in [4.78, 5) is 19.7. The van der Waals surface area contributed by atoms with Crippen molar-refractivity contribution in [3.8, 4) is 0 Å². The molecule has 0 bridgehead atoms. The average molecular weight is 306 g/mol. The molecule has 0 aliphatic rings. The number of rotatable bonds is 5. The predicted molar refractivity (Wildman–Crippen MR) is 75.1 cm³/mol. The molecule has 2 rings (SSSR count). The molecule has 0 aliphatic heterocycles. The van der Waals surface area contributed by atoms with Crippen LogP contribution in [-0.2, 0) is 0 Å². The third-order valence-corrected chi connectivity index (χ3v) is 2.61. The summed E-state index contributed by atoms with van der Waals surface area (Å²) in [6.45, 7) is 3.12. The maximum Gasteiger partial charge on any atom is 0.433 e. The van der Waals surface area contributed by atoms with E-state index in [-0.39, 0.29) is 11.5 Å². The fourth-order valence-corrected chi connectivity index (χ4v) is 1.49. The van der Waals surface area contributed by atoms with Gasteiger partial charge in [0.25, 0.3) is 0 Å². The van der Waals surface area contributed by atoms with E-state index in [2.05, 4.69) is 10.2 Å². The van der Waals surface area contributed by atoms with Crippen molar-refractivity contribution in [2.75, 3.05) is 0 Å². The van der Waals surface area contributed by atoms with Crippen molar-refractivity contribution in [2.24, 2.45) is 10.2 Å². The zero-order valence-corrected chi connectivity index (χ0v) is 11.5. The van der Waals surface area contributed by atoms with Crippen LogP contribution < -0.4 is 0 Å². The van der Waals surface area contributed by atoms with Crippen molar-refractivity contribution >= 4 is 23.2 Å². The summed E-state index contributed by atoms with van der Waals surface area (Å²) >= 11 is 0. The van der Waals surface area contributed by atoms with Gasteiger partial charge >= 0.3 is 11.8 Å². The first-order valence-electron chi connectivity index (χ1n) is 5.96. The first-order valence-corrected chi connectivity index (χ1v) is 5.96. The molecule has 0 aliphatic carbocycles. The Morgan fingerprint density at radius 1 is 0.864 bits per heavy atom. The smallest absolute Gasteiger partial charge is 0.399 e. The van der Waals surface area contributed by atoms with Crippen LogP contribution in [0.5, 0.6) is 0 Å². The number of hydrogen-bond acceptors (Lipinski definition) is 8. The summed E-state index contributed by atoms with van der Waals surface area (Å²) in [6.07, 6.45) is 0. The van der Waals surface area contributed by atoms with Crippen molar-refractivity contribution in [1.29, 1.82) is 0 Å². The zero-order valence-electron chi connectivity index (χ0n) is 11.5. The van der Waals surface area contributed by atoms with E-state index in [4.69, 9.17) is 8.83 Å². The molecule has 0 saturated heterocycles. The normalized spacial score (nSPS) is 12.5. The van der Waals surface area contributed by atoms with E-state index in [0.717, 1.165) is 0 Å². The Hall–Kier alpha value is -3.30. The minimum atomic E-state index is -0.659. The molecule has 0 spiro atoms. The van der Waals surface area contributed by atoms with Crippen LogP contribution >= 0.6 is 0 Å². The Morgan fingerprint density at radius 2 is 1.23 bits per heavy atom. The van der Waals surface area contributed by atoms with Gasteiger partial charge in [-0.1, -0.05) is 0 Å². The third kappa shape index (κ3) is 3.23. The fourth-order valence-electron chi connectivity index (χ4n) is 1.49. The minimum absolute atomic E-state index is 0.202. The molecule has 10 nitrogen and oxygen atoms in total. The van der Waals surface area contributed by atoms with Gasteiger partial charge in [0.05, 0.1) is 12.1 Å². The Bertz CT molecular complexity index is 719. The standard InChI is InChI=1S/C12H10N4O6/c1-7(9-3-5-11(21-9)15(17)18)13-14-8(2)10-4-6-12(22-10)16(19)20/h3-6H,1-2H3/b13-7+,14-8+. The molecule has 0 amide bonds. The molecule has 0 N–H and O–H groups in total. The molecule has 22 heavy (non-hydrogen) atoms. The van der Waals surface area contributed by atoms with Gasteiger partial charge in [-0.05, 0) is 26.0 Å². The van der Waals surface area contributed by atoms with Crippen molar-refractivity contribution in [3.05, 3.63) is 56.0 Å². The lowest BCUT2D eigenvalue weighted by Gasteiger charge is -1.93. The summed E-state index contributed by atoms with van der Waals surface area (Å²) in [5.41, 5.74) is 0.627. The monoisotopic (exact) mass is 306 g/mol. The Kier molecular flexibility index (Phi) is 4.11. The third-order valence-electron chi connectivity index (χ3n) is 2.61. The molecular weight excluding hydrogens is 296 g/mol. The summed E-state index contributed by atoms with van der Waals surface area (Å²) in [5, 5.41) is 28.8. The van der Waals surface area contributed by atoms with Gasteiger partial charge < -0.3 is 8.83 Å². The molecule has 0 aromatic carbocycles. The van der Waals surface area contributed by atoms with E-state index in [1.165, 1.54) is 24.3 Å².